The van der Waals surface area contributed by atoms with E-state index in [1.165, 1.54) is 5.56 Å². The van der Waals surface area contributed by atoms with E-state index >= 15 is 0 Å². The molecule has 0 aliphatic carbocycles. The summed E-state index contributed by atoms with van der Waals surface area (Å²) in [5, 5.41) is 0. The van der Waals surface area contributed by atoms with E-state index in [0.717, 1.165) is 23.5 Å². The Bertz CT molecular complexity index is 480. The smallest absolute Gasteiger partial charge is 0.132 e. The van der Waals surface area contributed by atoms with Crippen LogP contribution in [-0.4, -0.2) is 0 Å². The fraction of sp³-hybridized carbons (Fsp3) is 0.294. The lowest BCUT2D eigenvalue weighted by molar-refractivity contribution is 0.476. The molecule has 0 unspecified atom stereocenters. The lowest BCUT2D eigenvalue weighted by Crippen LogP contribution is -2.00. The summed E-state index contributed by atoms with van der Waals surface area (Å²) >= 11 is 0. The fourth-order valence-electron chi connectivity index (χ4n) is 1.70. The van der Waals surface area contributed by atoms with E-state index in [-0.39, 0.29) is 0 Å². The second kappa shape index (κ2) is 8.33. The molecule has 2 aromatic rings. The number of nitrogens with two attached hydrogens (primary N) is 1. The van der Waals surface area contributed by atoms with E-state index in [2.05, 4.69) is 19.1 Å². The minimum absolute atomic E-state index is 0.492. The molecular formula is C17H23NO. The molecule has 0 spiro atoms. The third-order valence-electron chi connectivity index (χ3n) is 2.73. The highest BCUT2D eigenvalue weighted by molar-refractivity contribution is 5.40. The molecule has 0 saturated carbocycles. The molecule has 0 aliphatic rings. The van der Waals surface area contributed by atoms with Crippen LogP contribution >= 0.6 is 0 Å². The van der Waals surface area contributed by atoms with Gasteiger partial charge in [0.1, 0.15) is 11.5 Å². The molecule has 0 saturated heterocycles. The second-order valence-electron chi connectivity index (χ2n) is 3.91. The molecule has 0 aromatic heterocycles. The molecular weight excluding hydrogens is 234 g/mol. The Kier molecular flexibility index (Phi) is 6.69. The third-order valence-corrected chi connectivity index (χ3v) is 2.73. The molecule has 0 aliphatic heterocycles. The first kappa shape index (κ1) is 15.3. The number of hydrogen-bond acceptors (Lipinski definition) is 2. The maximum atomic E-state index is 5.86. The molecule has 2 rings (SSSR count). The largest absolute Gasteiger partial charge is 0.457 e. The van der Waals surface area contributed by atoms with Crippen LogP contribution in [0, 0.1) is 0 Å². The number of hydrogen-bond donors (Lipinski definition) is 1. The highest BCUT2D eigenvalue weighted by Gasteiger charge is 2.04. The average Bonchev–Trinajstić information content (AvgIpc) is 2.50. The van der Waals surface area contributed by atoms with Gasteiger partial charge in [0.2, 0.25) is 0 Å². The van der Waals surface area contributed by atoms with Crippen molar-refractivity contribution in [2.45, 2.75) is 33.7 Å². The zero-order valence-corrected chi connectivity index (χ0v) is 12.0. The van der Waals surface area contributed by atoms with Gasteiger partial charge in [-0.05, 0) is 30.2 Å². The Morgan fingerprint density at radius 2 is 1.68 bits per heavy atom. The summed E-state index contributed by atoms with van der Waals surface area (Å²) in [6.45, 7) is 6.62. The summed E-state index contributed by atoms with van der Waals surface area (Å²) in [6.07, 6.45) is 0.996. The Labute approximate surface area is 116 Å². The fourth-order valence-corrected chi connectivity index (χ4v) is 1.70. The Morgan fingerprint density at radius 1 is 1.00 bits per heavy atom. The second-order valence-corrected chi connectivity index (χ2v) is 3.91. The SMILES string of the molecule is CC.CCc1ccc(CN)c(Oc2ccccc2)c1. The van der Waals surface area contributed by atoms with Gasteiger partial charge in [0.15, 0.2) is 0 Å². The van der Waals surface area contributed by atoms with Crippen LogP contribution in [0.5, 0.6) is 11.5 Å². The minimum atomic E-state index is 0.492. The summed E-state index contributed by atoms with van der Waals surface area (Å²) in [5.41, 5.74) is 8.01. The maximum Gasteiger partial charge on any atom is 0.132 e. The topological polar surface area (TPSA) is 35.2 Å². The zero-order chi connectivity index (χ0) is 14.1. The normalized spacial score (nSPS) is 9.47. The van der Waals surface area contributed by atoms with Gasteiger partial charge in [0.05, 0.1) is 0 Å². The van der Waals surface area contributed by atoms with Crippen molar-refractivity contribution in [3.05, 3.63) is 59.7 Å². The van der Waals surface area contributed by atoms with E-state index in [1.54, 1.807) is 0 Å². The van der Waals surface area contributed by atoms with Gasteiger partial charge in [0, 0.05) is 12.1 Å². The van der Waals surface area contributed by atoms with Crippen molar-refractivity contribution in [3.8, 4) is 11.5 Å². The Morgan fingerprint density at radius 3 is 2.26 bits per heavy atom. The quantitative estimate of drug-likeness (QED) is 0.873. The number of aryl methyl sites for hydroxylation is 1. The molecule has 0 heterocycles. The predicted octanol–water partition coefficient (Wildman–Crippen LogP) is 4.53. The molecule has 2 heteroatoms. The lowest BCUT2D eigenvalue weighted by Gasteiger charge is -2.11. The van der Waals surface area contributed by atoms with Crippen LogP contribution in [-0.2, 0) is 13.0 Å². The van der Waals surface area contributed by atoms with Crippen molar-refractivity contribution < 1.29 is 4.74 Å². The number of para-hydroxylation sites is 1. The molecule has 2 nitrogen and oxygen atoms in total. The van der Waals surface area contributed by atoms with Crippen molar-refractivity contribution in [2.75, 3.05) is 0 Å². The molecule has 0 radical (unpaired) electrons. The lowest BCUT2D eigenvalue weighted by atomic mass is 10.1. The van der Waals surface area contributed by atoms with Crippen LogP contribution in [0.2, 0.25) is 0 Å². The van der Waals surface area contributed by atoms with Gasteiger partial charge in [-0.25, -0.2) is 0 Å². The van der Waals surface area contributed by atoms with E-state index in [4.69, 9.17) is 10.5 Å². The zero-order valence-electron chi connectivity index (χ0n) is 12.0. The van der Waals surface area contributed by atoms with Crippen LogP contribution in [0.25, 0.3) is 0 Å². The number of benzene rings is 2. The Balaban J connectivity index is 0.000000861. The first-order valence-corrected chi connectivity index (χ1v) is 6.88. The summed E-state index contributed by atoms with van der Waals surface area (Å²) in [7, 11) is 0. The number of rotatable bonds is 4. The van der Waals surface area contributed by atoms with Gasteiger partial charge < -0.3 is 10.5 Å². The van der Waals surface area contributed by atoms with E-state index in [9.17, 15) is 0 Å². The molecule has 0 bridgehead atoms. The Hall–Kier alpha value is -1.80. The summed E-state index contributed by atoms with van der Waals surface area (Å²) in [6, 6.07) is 16.0. The van der Waals surface area contributed by atoms with Gasteiger partial charge in [-0.1, -0.05) is 51.1 Å². The van der Waals surface area contributed by atoms with Crippen molar-refractivity contribution in [1.82, 2.24) is 0 Å². The van der Waals surface area contributed by atoms with Crippen molar-refractivity contribution in [2.24, 2.45) is 5.73 Å². The van der Waals surface area contributed by atoms with E-state index in [1.807, 2.05) is 50.2 Å². The summed E-state index contributed by atoms with van der Waals surface area (Å²) in [5.74, 6) is 1.70. The van der Waals surface area contributed by atoms with Crippen molar-refractivity contribution in [3.63, 3.8) is 0 Å². The molecule has 2 N–H and O–H groups in total. The molecule has 2 aromatic carbocycles. The highest BCUT2D eigenvalue weighted by Crippen LogP contribution is 2.26. The van der Waals surface area contributed by atoms with Crippen LogP contribution in [0.3, 0.4) is 0 Å². The molecule has 0 fully saturated rings. The standard InChI is InChI=1S/C15H17NO.C2H6/c1-2-12-8-9-13(11-16)15(10-12)17-14-6-4-3-5-7-14;1-2/h3-10H,2,11,16H2,1H3;1-2H3. The van der Waals surface area contributed by atoms with Crippen LogP contribution in [0.4, 0.5) is 0 Å². The van der Waals surface area contributed by atoms with E-state index in [0.29, 0.717) is 6.54 Å². The first-order valence-electron chi connectivity index (χ1n) is 6.88. The highest BCUT2D eigenvalue weighted by atomic mass is 16.5. The third kappa shape index (κ3) is 4.42. The molecule has 0 atom stereocenters. The van der Waals surface area contributed by atoms with Crippen LogP contribution in [0.15, 0.2) is 48.5 Å². The van der Waals surface area contributed by atoms with Crippen molar-refractivity contribution in [1.29, 1.82) is 0 Å². The summed E-state index contributed by atoms with van der Waals surface area (Å²) in [4.78, 5) is 0. The summed E-state index contributed by atoms with van der Waals surface area (Å²) < 4.78 is 5.86. The monoisotopic (exact) mass is 257 g/mol. The van der Waals surface area contributed by atoms with Gasteiger partial charge in [-0.3, -0.25) is 0 Å². The first-order chi connectivity index (χ1) is 9.33. The van der Waals surface area contributed by atoms with Crippen molar-refractivity contribution >= 4 is 0 Å². The van der Waals surface area contributed by atoms with Crippen LogP contribution < -0.4 is 10.5 Å². The predicted molar refractivity (Wildman–Crippen MR) is 81.6 cm³/mol. The number of ether oxygens (including phenoxy) is 1. The van der Waals surface area contributed by atoms with Gasteiger partial charge >= 0.3 is 0 Å². The maximum absolute atomic E-state index is 5.86. The van der Waals surface area contributed by atoms with Gasteiger partial charge in [-0.2, -0.15) is 0 Å². The molecule has 0 amide bonds. The van der Waals surface area contributed by atoms with E-state index < -0.39 is 0 Å². The minimum Gasteiger partial charge on any atom is -0.457 e. The van der Waals surface area contributed by atoms with Gasteiger partial charge in [-0.15, -0.1) is 0 Å². The molecule has 102 valence electrons. The molecule has 19 heavy (non-hydrogen) atoms. The van der Waals surface area contributed by atoms with Gasteiger partial charge in [0.25, 0.3) is 0 Å². The van der Waals surface area contributed by atoms with Crippen LogP contribution in [0.1, 0.15) is 31.9 Å². The average molecular weight is 257 g/mol.